The molecule has 252 valence electrons. The molecule has 0 radical (unpaired) electrons. The molecule has 2 N–H and O–H groups in total. The number of benzene rings is 3. The number of nitrogens with one attached hydrogen (secondary N) is 1. The maximum absolute atomic E-state index is 15.0. The highest BCUT2D eigenvalue weighted by Crippen LogP contribution is 2.55. The first-order valence-electron chi connectivity index (χ1n) is 16.4. The molecule has 49 heavy (non-hydrogen) atoms. The predicted octanol–water partition coefficient (Wildman–Crippen LogP) is 4.31. The maximum Gasteiger partial charge on any atom is 0.306 e. The van der Waals surface area contributed by atoms with Crippen LogP contribution in [0.5, 0.6) is 0 Å². The lowest BCUT2D eigenvalue weighted by molar-refractivity contribution is -0.146. The Kier molecular flexibility index (Phi) is 9.11. The lowest BCUT2D eigenvalue weighted by atomic mass is 9.77. The van der Waals surface area contributed by atoms with Crippen molar-refractivity contribution in [3.05, 3.63) is 125 Å². The van der Waals surface area contributed by atoms with E-state index in [1.165, 1.54) is 9.80 Å². The van der Waals surface area contributed by atoms with E-state index >= 15 is 0 Å². The van der Waals surface area contributed by atoms with Gasteiger partial charge in [-0.2, -0.15) is 0 Å². The summed E-state index contributed by atoms with van der Waals surface area (Å²) in [5.74, 6) is -4.01. The zero-order valence-corrected chi connectivity index (χ0v) is 27.3. The van der Waals surface area contributed by atoms with Gasteiger partial charge in [0.15, 0.2) is 0 Å². The molecular formula is C38H36ClN3O7. The maximum atomic E-state index is 15.0. The van der Waals surface area contributed by atoms with Crippen LogP contribution in [0, 0.1) is 11.8 Å². The van der Waals surface area contributed by atoms with E-state index in [0.717, 1.165) is 5.56 Å². The predicted molar refractivity (Wildman–Crippen MR) is 181 cm³/mol. The Morgan fingerprint density at radius 1 is 0.918 bits per heavy atom. The Labute approximate surface area is 288 Å². The summed E-state index contributed by atoms with van der Waals surface area (Å²) in [6.45, 7) is -0.429. The number of aliphatic hydroxyl groups is 1. The Morgan fingerprint density at radius 3 is 2.37 bits per heavy atom. The fraction of sp³-hybridized carbons (Fsp3) is 0.316. The number of amides is 3. The van der Waals surface area contributed by atoms with Crippen molar-refractivity contribution in [3.63, 3.8) is 0 Å². The molecule has 4 heterocycles. The van der Waals surface area contributed by atoms with Crippen molar-refractivity contribution in [2.45, 2.75) is 42.7 Å². The fourth-order valence-corrected chi connectivity index (χ4v) is 7.87. The third-order valence-electron chi connectivity index (χ3n) is 9.84. The minimum Gasteiger partial charge on any atom is -0.463 e. The van der Waals surface area contributed by atoms with Gasteiger partial charge >= 0.3 is 5.97 Å². The molecule has 3 aromatic carbocycles. The van der Waals surface area contributed by atoms with Crippen LogP contribution in [-0.4, -0.2) is 71.2 Å². The molecule has 7 atom stereocenters. The van der Waals surface area contributed by atoms with Crippen molar-refractivity contribution >= 4 is 41.0 Å². The highest BCUT2D eigenvalue weighted by atomic mass is 35.5. The van der Waals surface area contributed by atoms with Gasteiger partial charge < -0.3 is 29.7 Å². The molecular weight excluding hydrogens is 646 g/mol. The molecule has 2 saturated heterocycles. The van der Waals surface area contributed by atoms with Gasteiger partial charge in [-0.15, -0.1) is 0 Å². The SMILES string of the molecule is O=C1CC/C=C\[C@H]2O[C@]34C=CCN(c5ccccc5Cl)C(=O)[C@H]3N([C@H](CO)c3ccccc3)C(=O)[C@@H]4[C@H]2C(=O)N[C@H](c2ccccc2)CO1. The van der Waals surface area contributed by atoms with Gasteiger partial charge in [-0.3, -0.25) is 19.2 Å². The molecule has 11 heteroatoms. The first kappa shape index (κ1) is 32.8. The van der Waals surface area contributed by atoms with Crippen LogP contribution < -0.4 is 10.2 Å². The van der Waals surface area contributed by atoms with E-state index in [4.69, 9.17) is 21.1 Å². The second-order valence-electron chi connectivity index (χ2n) is 12.6. The topological polar surface area (TPSA) is 125 Å². The first-order valence-corrected chi connectivity index (χ1v) is 16.8. The standard InChI is InChI=1S/C38H36ClN3O7/c39-26-16-7-8-17-28(26)41-21-11-20-38-33(36(46)42(34(38)37(41)47)29(22-43)25-14-5-2-6-15-25)32-30(49-38)18-9-10-19-31(44)48-23-27(40-35(32)45)24-12-3-1-4-13-24/h1-9,11-18,20,27,29-30,32-34,43H,10,19,21-23H2,(H,40,45)/b18-9-/t27-,29+,30+,32-,33-,34+,38-/m0/s1. The Hall–Kier alpha value is -4.77. The molecule has 0 unspecified atom stereocenters. The van der Waals surface area contributed by atoms with Crippen LogP contribution in [-0.2, 0) is 28.7 Å². The molecule has 4 aliphatic rings. The zero-order chi connectivity index (χ0) is 34.1. The van der Waals surface area contributed by atoms with Crippen molar-refractivity contribution in [2.24, 2.45) is 11.8 Å². The second kappa shape index (κ2) is 13.6. The van der Waals surface area contributed by atoms with E-state index in [2.05, 4.69) is 5.32 Å². The number of cyclic esters (lactones) is 1. The summed E-state index contributed by atoms with van der Waals surface area (Å²) in [5.41, 5.74) is 0.245. The summed E-state index contributed by atoms with van der Waals surface area (Å²) in [6, 6.07) is 22.3. The quantitative estimate of drug-likeness (QED) is 0.304. The summed E-state index contributed by atoms with van der Waals surface area (Å²) in [4.78, 5) is 59.9. The zero-order valence-electron chi connectivity index (χ0n) is 26.6. The number of anilines is 1. The van der Waals surface area contributed by atoms with E-state index in [0.29, 0.717) is 22.7 Å². The van der Waals surface area contributed by atoms with Gasteiger partial charge in [0, 0.05) is 13.0 Å². The van der Waals surface area contributed by atoms with Crippen LogP contribution in [0.25, 0.3) is 0 Å². The molecule has 3 aromatic rings. The number of carbonyl (C=O) groups excluding carboxylic acids is 4. The number of nitrogens with zero attached hydrogens (tertiary/aromatic N) is 2. The van der Waals surface area contributed by atoms with Gasteiger partial charge in [-0.1, -0.05) is 109 Å². The van der Waals surface area contributed by atoms with E-state index in [9.17, 15) is 24.3 Å². The molecule has 3 amide bonds. The minimum absolute atomic E-state index is 0.0964. The van der Waals surface area contributed by atoms with Crippen LogP contribution in [0.4, 0.5) is 5.69 Å². The average Bonchev–Trinajstić information content (AvgIpc) is 3.50. The smallest absolute Gasteiger partial charge is 0.306 e. The van der Waals surface area contributed by atoms with Crippen molar-refractivity contribution in [3.8, 4) is 0 Å². The van der Waals surface area contributed by atoms with Gasteiger partial charge in [-0.05, 0) is 29.7 Å². The molecule has 0 aliphatic carbocycles. The summed E-state index contributed by atoms with van der Waals surface area (Å²) >= 11 is 6.60. The molecule has 0 aromatic heterocycles. The first-order chi connectivity index (χ1) is 23.8. The molecule has 2 fully saturated rings. The van der Waals surface area contributed by atoms with E-state index < -0.39 is 72.0 Å². The second-order valence-corrected chi connectivity index (χ2v) is 13.0. The van der Waals surface area contributed by atoms with E-state index in [-0.39, 0.29) is 19.6 Å². The lowest BCUT2D eigenvalue weighted by Crippen LogP contribution is -2.56. The summed E-state index contributed by atoms with van der Waals surface area (Å²) in [5, 5.41) is 14.2. The van der Waals surface area contributed by atoms with Crippen molar-refractivity contribution in [2.75, 3.05) is 24.7 Å². The molecule has 0 saturated carbocycles. The van der Waals surface area contributed by atoms with E-state index in [1.807, 2.05) is 36.4 Å². The van der Waals surface area contributed by atoms with Crippen molar-refractivity contribution in [1.29, 1.82) is 0 Å². The fourth-order valence-electron chi connectivity index (χ4n) is 7.63. The number of halogens is 1. The number of esters is 1. The van der Waals surface area contributed by atoms with Gasteiger partial charge in [0.05, 0.1) is 47.3 Å². The summed E-state index contributed by atoms with van der Waals surface area (Å²) in [7, 11) is 0. The number of likely N-dealkylation sites (tertiary alicyclic amines) is 1. The molecule has 10 nitrogen and oxygen atoms in total. The number of rotatable bonds is 5. The van der Waals surface area contributed by atoms with Crippen LogP contribution in [0.2, 0.25) is 5.02 Å². The third-order valence-corrected chi connectivity index (χ3v) is 10.2. The van der Waals surface area contributed by atoms with Crippen LogP contribution in [0.3, 0.4) is 0 Å². The van der Waals surface area contributed by atoms with Crippen LogP contribution in [0.1, 0.15) is 36.1 Å². The highest BCUT2D eigenvalue weighted by Gasteiger charge is 2.72. The number of ether oxygens (including phenoxy) is 2. The number of hydrogen-bond acceptors (Lipinski definition) is 7. The van der Waals surface area contributed by atoms with E-state index in [1.54, 1.807) is 72.8 Å². The Bertz CT molecular complexity index is 1800. The van der Waals surface area contributed by atoms with Crippen LogP contribution in [0.15, 0.2) is 109 Å². The van der Waals surface area contributed by atoms with Crippen molar-refractivity contribution in [1.82, 2.24) is 10.2 Å². The number of allylic oxidation sites excluding steroid dienone is 1. The third kappa shape index (κ3) is 5.83. The Morgan fingerprint density at radius 2 is 1.63 bits per heavy atom. The number of para-hydroxylation sites is 1. The van der Waals surface area contributed by atoms with Crippen LogP contribution >= 0.6 is 11.6 Å². The average molecular weight is 682 g/mol. The summed E-state index contributed by atoms with van der Waals surface area (Å²) < 4.78 is 12.4. The molecule has 1 spiro atoms. The van der Waals surface area contributed by atoms with Crippen molar-refractivity contribution < 1.29 is 33.8 Å². The number of hydrogen-bond donors (Lipinski definition) is 2. The molecule has 0 bridgehead atoms. The lowest BCUT2D eigenvalue weighted by Gasteiger charge is -2.38. The largest absolute Gasteiger partial charge is 0.463 e. The number of aliphatic hydroxyl groups excluding tert-OH is 1. The summed E-state index contributed by atoms with van der Waals surface area (Å²) in [6.07, 6.45) is 6.51. The minimum atomic E-state index is -1.57. The number of carbonyl (C=O) groups is 4. The van der Waals surface area contributed by atoms with Gasteiger partial charge in [0.2, 0.25) is 11.8 Å². The monoisotopic (exact) mass is 681 g/mol. The van der Waals surface area contributed by atoms with Gasteiger partial charge in [-0.25, -0.2) is 0 Å². The normalized spacial score (nSPS) is 29.8. The highest BCUT2D eigenvalue weighted by molar-refractivity contribution is 6.34. The number of fused-ring (bicyclic) bond motifs is 2. The molecule has 7 rings (SSSR count). The van der Waals surface area contributed by atoms with Gasteiger partial charge in [0.1, 0.15) is 18.2 Å². The van der Waals surface area contributed by atoms with Gasteiger partial charge in [0.25, 0.3) is 5.91 Å². The Balaban J connectivity index is 1.36. The molecule has 4 aliphatic heterocycles.